The molecule has 23 heavy (non-hydrogen) atoms. The van der Waals surface area contributed by atoms with Gasteiger partial charge in [0.25, 0.3) is 5.91 Å². The summed E-state index contributed by atoms with van der Waals surface area (Å²) in [5.74, 6) is 0.662. The fourth-order valence-electron chi connectivity index (χ4n) is 3.14. The largest absolute Gasteiger partial charge is 0.492 e. The minimum absolute atomic E-state index is 0.00787. The molecule has 0 aromatic heterocycles. The van der Waals surface area contributed by atoms with Crippen LogP contribution in [0.1, 0.15) is 35.7 Å². The van der Waals surface area contributed by atoms with E-state index in [0.717, 1.165) is 31.5 Å². The van der Waals surface area contributed by atoms with E-state index in [1.807, 2.05) is 11.8 Å². The number of sulfonamides is 1. The average molecular weight is 338 g/mol. The molecular weight excluding hydrogens is 316 g/mol. The molecule has 6 nitrogen and oxygen atoms in total. The van der Waals surface area contributed by atoms with Crippen molar-refractivity contribution in [1.29, 1.82) is 0 Å². The number of amides is 1. The molecule has 0 radical (unpaired) electrons. The van der Waals surface area contributed by atoms with Gasteiger partial charge in [-0.25, -0.2) is 8.42 Å². The van der Waals surface area contributed by atoms with Crippen molar-refractivity contribution in [2.75, 3.05) is 26.0 Å². The van der Waals surface area contributed by atoms with E-state index in [2.05, 4.69) is 0 Å². The molecule has 7 heteroatoms. The maximum absolute atomic E-state index is 12.5. The van der Waals surface area contributed by atoms with Crippen LogP contribution < -0.4 is 4.74 Å². The number of fused-ring (bicyclic) bond motifs is 1. The molecule has 0 spiro atoms. The first kappa shape index (κ1) is 16.3. The van der Waals surface area contributed by atoms with Gasteiger partial charge in [0.15, 0.2) is 0 Å². The highest BCUT2D eigenvalue weighted by atomic mass is 32.2. The Morgan fingerprint density at radius 2 is 1.96 bits per heavy atom. The highest BCUT2D eigenvalue weighted by molar-refractivity contribution is 7.88. The molecule has 2 heterocycles. The highest BCUT2D eigenvalue weighted by Crippen LogP contribution is 2.28. The first-order valence-electron chi connectivity index (χ1n) is 7.88. The number of benzene rings is 1. The highest BCUT2D eigenvalue weighted by Gasteiger charge is 2.29. The predicted octanol–water partition coefficient (Wildman–Crippen LogP) is 1.47. The number of likely N-dealkylation sites (tertiary alicyclic amines) is 1. The van der Waals surface area contributed by atoms with Crippen LogP contribution in [0.3, 0.4) is 0 Å². The molecule has 2 aliphatic heterocycles. The normalized spacial score (nSPS) is 22.3. The number of hydrogen-bond acceptors (Lipinski definition) is 4. The summed E-state index contributed by atoms with van der Waals surface area (Å²) in [4.78, 5) is 14.4. The molecular formula is C16H22N2O4S. The lowest BCUT2D eigenvalue weighted by Crippen LogP contribution is -2.39. The maximum atomic E-state index is 12.5. The Balaban J connectivity index is 1.91. The van der Waals surface area contributed by atoms with E-state index in [1.54, 1.807) is 18.2 Å². The Labute approximate surface area is 137 Å². The van der Waals surface area contributed by atoms with Gasteiger partial charge in [-0.05, 0) is 38.0 Å². The SMILES string of the molecule is C[C@H]1COc2ccc(C(=O)N3CCCC3)cc2CN1S(C)(=O)=O. The van der Waals surface area contributed by atoms with Crippen LogP contribution in [0.5, 0.6) is 5.75 Å². The summed E-state index contributed by atoms with van der Waals surface area (Å²) >= 11 is 0. The van der Waals surface area contributed by atoms with E-state index in [-0.39, 0.29) is 18.5 Å². The molecule has 1 amide bonds. The monoisotopic (exact) mass is 338 g/mol. The van der Waals surface area contributed by atoms with Crippen LogP contribution in [-0.4, -0.2) is 55.5 Å². The Morgan fingerprint density at radius 3 is 2.61 bits per heavy atom. The lowest BCUT2D eigenvalue weighted by molar-refractivity contribution is 0.0792. The topological polar surface area (TPSA) is 66.9 Å². The van der Waals surface area contributed by atoms with Crippen LogP contribution >= 0.6 is 0 Å². The third-order valence-corrected chi connectivity index (χ3v) is 5.77. The smallest absolute Gasteiger partial charge is 0.253 e. The Morgan fingerprint density at radius 1 is 1.26 bits per heavy atom. The van der Waals surface area contributed by atoms with Gasteiger partial charge in [-0.2, -0.15) is 4.31 Å². The summed E-state index contributed by atoms with van der Waals surface area (Å²) in [6.45, 7) is 3.94. The second kappa shape index (κ2) is 6.13. The summed E-state index contributed by atoms with van der Waals surface area (Å²) in [7, 11) is -3.33. The average Bonchev–Trinajstić information content (AvgIpc) is 2.97. The van der Waals surface area contributed by atoms with Gasteiger partial charge in [-0.15, -0.1) is 0 Å². The van der Waals surface area contributed by atoms with Crippen LogP contribution in [0.15, 0.2) is 18.2 Å². The second-order valence-electron chi connectivity index (χ2n) is 6.29. The zero-order chi connectivity index (χ0) is 16.6. The zero-order valence-electron chi connectivity index (χ0n) is 13.5. The summed E-state index contributed by atoms with van der Waals surface area (Å²) in [5, 5.41) is 0. The van der Waals surface area contributed by atoms with E-state index in [1.165, 1.54) is 10.6 Å². The second-order valence-corrected chi connectivity index (χ2v) is 8.23. The Hall–Kier alpha value is -1.60. The van der Waals surface area contributed by atoms with Crippen molar-refractivity contribution in [3.8, 4) is 5.75 Å². The molecule has 126 valence electrons. The molecule has 0 N–H and O–H groups in total. The molecule has 1 aromatic carbocycles. The van der Waals surface area contributed by atoms with Crippen LogP contribution in [0, 0.1) is 0 Å². The molecule has 1 saturated heterocycles. The van der Waals surface area contributed by atoms with Gasteiger partial charge >= 0.3 is 0 Å². The number of nitrogens with zero attached hydrogens (tertiary/aromatic N) is 2. The van der Waals surface area contributed by atoms with Crippen molar-refractivity contribution in [2.24, 2.45) is 0 Å². The fraction of sp³-hybridized carbons (Fsp3) is 0.562. The van der Waals surface area contributed by atoms with Crippen molar-refractivity contribution in [3.63, 3.8) is 0 Å². The number of carbonyl (C=O) groups excluding carboxylic acids is 1. The molecule has 3 rings (SSSR count). The van der Waals surface area contributed by atoms with E-state index in [4.69, 9.17) is 4.74 Å². The summed E-state index contributed by atoms with van der Waals surface area (Å²) in [6, 6.07) is 5.07. The minimum Gasteiger partial charge on any atom is -0.492 e. The maximum Gasteiger partial charge on any atom is 0.253 e. The molecule has 1 aromatic rings. The van der Waals surface area contributed by atoms with Gasteiger partial charge in [-0.1, -0.05) is 0 Å². The zero-order valence-corrected chi connectivity index (χ0v) is 14.3. The van der Waals surface area contributed by atoms with Crippen molar-refractivity contribution in [2.45, 2.75) is 32.4 Å². The standard InChI is InChI=1S/C16H22N2O4S/c1-12-11-22-15-6-5-13(16(19)17-7-3-4-8-17)9-14(15)10-18(12)23(2,20)21/h5-6,9,12H,3-4,7-8,10-11H2,1-2H3/t12-/m0/s1. The predicted molar refractivity (Wildman–Crippen MR) is 86.9 cm³/mol. The first-order valence-corrected chi connectivity index (χ1v) is 9.73. The minimum atomic E-state index is -3.33. The molecule has 0 saturated carbocycles. The van der Waals surface area contributed by atoms with E-state index < -0.39 is 10.0 Å². The van der Waals surface area contributed by atoms with Crippen molar-refractivity contribution >= 4 is 15.9 Å². The van der Waals surface area contributed by atoms with Crippen molar-refractivity contribution in [1.82, 2.24) is 9.21 Å². The summed E-state index contributed by atoms with van der Waals surface area (Å²) in [5.41, 5.74) is 1.34. The summed E-state index contributed by atoms with van der Waals surface area (Å²) in [6.07, 6.45) is 3.28. The van der Waals surface area contributed by atoms with Gasteiger partial charge in [0.2, 0.25) is 10.0 Å². The number of hydrogen-bond donors (Lipinski definition) is 0. The Kier molecular flexibility index (Phi) is 4.33. The van der Waals surface area contributed by atoms with Crippen LogP contribution in [0.25, 0.3) is 0 Å². The molecule has 1 atom stereocenters. The van der Waals surface area contributed by atoms with E-state index in [0.29, 0.717) is 17.9 Å². The number of ether oxygens (including phenoxy) is 1. The van der Waals surface area contributed by atoms with Gasteiger partial charge < -0.3 is 9.64 Å². The third kappa shape index (κ3) is 3.35. The molecule has 0 unspecified atom stereocenters. The van der Waals surface area contributed by atoms with Crippen LogP contribution in [0.2, 0.25) is 0 Å². The van der Waals surface area contributed by atoms with Crippen molar-refractivity contribution in [3.05, 3.63) is 29.3 Å². The first-order chi connectivity index (χ1) is 10.9. The van der Waals surface area contributed by atoms with Crippen LogP contribution in [0.4, 0.5) is 0 Å². The van der Waals surface area contributed by atoms with Crippen molar-refractivity contribution < 1.29 is 17.9 Å². The van der Waals surface area contributed by atoms with Gasteiger partial charge in [-0.3, -0.25) is 4.79 Å². The van der Waals surface area contributed by atoms with Crippen LogP contribution in [-0.2, 0) is 16.6 Å². The lowest BCUT2D eigenvalue weighted by atomic mass is 10.1. The molecule has 0 aliphatic carbocycles. The van der Waals surface area contributed by atoms with Gasteiger partial charge in [0.1, 0.15) is 12.4 Å². The summed E-state index contributed by atoms with van der Waals surface area (Å²) < 4.78 is 31.1. The lowest BCUT2D eigenvalue weighted by Gasteiger charge is -2.23. The molecule has 1 fully saturated rings. The number of rotatable bonds is 2. The quantitative estimate of drug-likeness (QED) is 0.819. The van der Waals surface area contributed by atoms with Gasteiger partial charge in [0, 0.05) is 30.8 Å². The number of carbonyl (C=O) groups is 1. The van der Waals surface area contributed by atoms with E-state index in [9.17, 15) is 13.2 Å². The third-order valence-electron chi connectivity index (χ3n) is 4.42. The molecule has 2 aliphatic rings. The fourth-order valence-corrected chi connectivity index (χ4v) is 4.23. The van der Waals surface area contributed by atoms with Gasteiger partial charge in [0.05, 0.1) is 12.3 Å². The molecule has 0 bridgehead atoms. The van der Waals surface area contributed by atoms with E-state index >= 15 is 0 Å². The Bertz CT molecular complexity index is 711.